The van der Waals surface area contributed by atoms with E-state index in [9.17, 15) is 18.4 Å². The molecule has 0 saturated heterocycles. The fourth-order valence-electron chi connectivity index (χ4n) is 1.03. The largest absolute Gasteiger partial charge is 0.416 e. The summed E-state index contributed by atoms with van der Waals surface area (Å²) in [6.07, 6.45) is -4.37. The zero-order valence-electron chi connectivity index (χ0n) is 7.54. The minimum atomic E-state index is -4.37. The third-order valence-corrected chi connectivity index (χ3v) is 1.77. The van der Waals surface area contributed by atoms with Crippen molar-refractivity contribution in [3.05, 3.63) is 29.8 Å². The van der Waals surface area contributed by atoms with Crippen LogP contribution in [-0.4, -0.2) is 11.8 Å². The molecule has 5 heteroatoms. The van der Waals surface area contributed by atoms with Gasteiger partial charge in [0.2, 0.25) is 0 Å². The van der Waals surface area contributed by atoms with Gasteiger partial charge in [-0.3, -0.25) is 10.3 Å². The summed E-state index contributed by atoms with van der Waals surface area (Å²) in [5.41, 5.74) is -0.621. The highest BCUT2D eigenvalue weighted by Gasteiger charge is 2.30. The minimum absolute atomic E-state index is 0.141. The molecule has 0 amide bonds. The van der Waals surface area contributed by atoms with Crippen LogP contribution < -0.4 is 5.06 Å². The summed E-state index contributed by atoms with van der Waals surface area (Å²) in [4.78, 5) is 0. The Morgan fingerprint density at radius 1 is 1.36 bits per heavy atom. The number of hydrogen-bond acceptors (Lipinski definition) is 2. The fraction of sp³-hybridized carbons (Fsp3) is 0.333. The molecule has 14 heavy (non-hydrogen) atoms. The predicted molar refractivity (Wildman–Crippen MR) is 46.3 cm³/mol. The van der Waals surface area contributed by atoms with Gasteiger partial charge >= 0.3 is 6.18 Å². The molecule has 0 aromatic heterocycles. The Labute approximate surface area is 79.5 Å². The second kappa shape index (κ2) is 3.88. The van der Waals surface area contributed by atoms with Crippen LogP contribution in [0.5, 0.6) is 0 Å². The zero-order chi connectivity index (χ0) is 10.8. The Bertz CT molecular complexity index is 311. The van der Waals surface area contributed by atoms with Crippen LogP contribution in [0.2, 0.25) is 0 Å². The lowest BCUT2D eigenvalue weighted by Crippen LogP contribution is -2.17. The van der Waals surface area contributed by atoms with E-state index in [4.69, 9.17) is 0 Å². The van der Waals surface area contributed by atoms with Gasteiger partial charge < -0.3 is 0 Å². The second-order valence-electron chi connectivity index (χ2n) is 2.76. The SMILES string of the molecule is CCN(O)c1cccc(C(F)(F)F)c1. The molecule has 0 atom stereocenters. The predicted octanol–water partition coefficient (Wildman–Crippen LogP) is 2.92. The second-order valence-corrected chi connectivity index (χ2v) is 2.76. The summed E-state index contributed by atoms with van der Waals surface area (Å²) in [6, 6.07) is 4.55. The Morgan fingerprint density at radius 3 is 2.50 bits per heavy atom. The number of hydroxylamine groups is 1. The highest BCUT2D eigenvalue weighted by Crippen LogP contribution is 2.31. The normalized spacial score (nSPS) is 11.5. The van der Waals surface area contributed by atoms with Crippen molar-refractivity contribution >= 4 is 5.69 Å². The van der Waals surface area contributed by atoms with Gasteiger partial charge in [-0.1, -0.05) is 6.07 Å². The van der Waals surface area contributed by atoms with E-state index in [1.807, 2.05) is 0 Å². The van der Waals surface area contributed by atoms with Gasteiger partial charge in [0.25, 0.3) is 0 Å². The van der Waals surface area contributed by atoms with Crippen molar-refractivity contribution in [2.45, 2.75) is 13.1 Å². The third kappa shape index (κ3) is 2.38. The van der Waals surface area contributed by atoms with Crippen LogP contribution in [0.25, 0.3) is 0 Å². The monoisotopic (exact) mass is 205 g/mol. The van der Waals surface area contributed by atoms with Crippen LogP contribution in [0.1, 0.15) is 12.5 Å². The lowest BCUT2D eigenvalue weighted by atomic mass is 10.2. The van der Waals surface area contributed by atoms with Crippen molar-refractivity contribution in [1.29, 1.82) is 0 Å². The molecule has 0 saturated carbocycles. The van der Waals surface area contributed by atoms with E-state index >= 15 is 0 Å². The first-order chi connectivity index (χ1) is 6.45. The highest BCUT2D eigenvalue weighted by atomic mass is 19.4. The van der Waals surface area contributed by atoms with Gasteiger partial charge in [-0.2, -0.15) is 13.2 Å². The van der Waals surface area contributed by atoms with Crippen LogP contribution in [-0.2, 0) is 6.18 Å². The number of benzene rings is 1. The minimum Gasteiger partial charge on any atom is -0.288 e. The maximum atomic E-state index is 12.2. The molecule has 1 aromatic rings. The summed E-state index contributed by atoms with van der Waals surface area (Å²) in [5, 5.41) is 9.94. The number of nitrogens with zero attached hydrogens (tertiary/aromatic N) is 1. The zero-order valence-corrected chi connectivity index (χ0v) is 7.54. The standard InChI is InChI=1S/C9H10F3NO/c1-2-13(14)8-5-3-4-7(6-8)9(10,11)12/h3-6,14H,2H2,1H3. The Kier molecular flexibility index (Phi) is 3.00. The molecule has 0 fully saturated rings. The molecule has 0 heterocycles. The summed E-state index contributed by atoms with van der Waals surface area (Å²) in [6.45, 7) is 1.88. The molecule has 1 rings (SSSR count). The van der Waals surface area contributed by atoms with Gasteiger partial charge in [0, 0.05) is 6.54 Å². The molecule has 2 nitrogen and oxygen atoms in total. The van der Waals surface area contributed by atoms with Crippen LogP contribution in [0.4, 0.5) is 18.9 Å². The van der Waals surface area contributed by atoms with Gasteiger partial charge in [-0.05, 0) is 25.1 Å². The molecular weight excluding hydrogens is 195 g/mol. The van der Waals surface area contributed by atoms with Crippen molar-refractivity contribution in [2.24, 2.45) is 0 Å². The summed E-state index contributed by atoms with van der Waals surface area (Å²) in [7, 11) is 0. The van der Waals surface area contributed by atoms with Crippen molar-refractivity contribution in [3.8, 4) is 0 Å². The maximum absolute atomic E-state index is 12.2. The number of halogens is 3. The van der Waals surface area contributed by atoms with Gasteiger partial charge in [0.1, 0.15) is 0 Å². The first-order valence-electron chi connectivity index (χ1n) is 4.09. The molecule has 1 N–H and O–H groups in total. The Morgan fingerprint density at radius 2 is 2.00 bits per heavy atom. The molecule has 1 aromatic carbocycles. The highest BCUT2D eigenvalue weighted by molar-refractivity contribution is 5.46. The first kappa shape index (κ1) is 10.8. The smallest absolute Gasteiger partial charge is 0.288 e. The van der Waals surface area contributed by atoms with Gasteiger partial charge in [0.05, 0.1) is 11.3 Å². The number of rotatable bonds is 2. The quantitative estimate of drug-likeness (QED) is 0.750. The molecule has 0 radical (unpaired) electrons. The molecule has 0 unspecified atom stereocenters. The van der Waals surface area contributed by atoms with Crippen LogP contribution in [0.15, 0.2) is 24.3 Å². The van der Waals surface area contributed by atoms with E-state index in [1.165, 1.54) is 12.1 Å². The first-order valence-corrected chi connectivity index (χ1v) is 4.09. The molecule has 0 aliphatic carbocycles. The summed E-state index contributed by atoms with van der Waals surface area (Å²) >= 11 is 0. The van der Waals surface area contributed by atoms with Crippen LogP contribution in [0.3, 0.4) is 0 Å². The maximum Gasteiger partial charge on any atom is 0.416 e. The molecule has 0 aliphatic heterocycles. The van der Waals surface area contributed by atoms with Gasteiger partial charge in [0.15, 0.2) is 0 Å². The lowest BCUT2D eigenvalue weighted by molar-refractivity contribution is -0.137. The lowest BCUT2D eigenvalue weighted by Gasteiger charge is -2.16. The third-order valence-electron chi connectivity index (χ3n) is 1.77. The average Bonchev–Trinajstić information content (AvgIpc) is 2.15. The molecule has 0 aliphatic rings. The molecule has 78 valence electrons. The average molecular weight is 205 g/mol. The van der Waals surface area contributed by atoms with E-state index in [-0.39, 0.29) is 12.2 Å². The van der Waals surface area contributed by atoms with E-state index in [2.05, 4.69) is 0 Å². The van der Waals surface area contributed by atoms with Gasteiger partial charge in [-0.25, -0.2) is 0 Å². The van der Waals surface area contributed by atoms with Crippen molar-refractivity contribution < 1.29 is 18.4 Å². The summed E-state index contributed by atoms with van der Waals surface area (Å²) < 4.78 is 36.7. The van der Waals surface area contributed by atoms with Gasteiger partial charge in [-0.15, -0.1) is 0 Å². The Balaban J connectivity index is 3.01. The van der Waals surface area contributed by atoms with Crippen molar-refractivity contribution in [2.75, 3.05) is 11.6 Å². The van der Waals surface area contributed by atoms with Crippen molar-refractivity contribution in [1.82, 2.24) is 0 Å². The number of hydrogen-bond donors (Lipinski definition) is 1. The molecule has 0 spiro atoms. The van der Waals surface area contributed by atoms with Crippen LogP contribution >= 0.6 is 0 Å². The van der Waals surface area contributed by atoms with Crippen molar-refractivity contribution in [3.63, 3.8) is 0 Å². The molecule has 0 bridgehead atoms. The fourth-order valence-corrected chi connectivity index (χ4v) is 1.03. The van der Waals surface area contributed by atoms with E-state index in [0.29, 0.717) is 0 Å². The summed E-state index contributed by atoms with van der Waals surface area (Å²) in [5.74, 6) is 0. The topological polar surface area (TPSA) is 23.5 Å². The molecular formula is C9H10F3NO. The van der Waals surface area contributed by atoms with E-state index in [0.717, 1.165) is 17.2 Å². The van der Waals surface area contributed by atoms with E-state index in [1.54, 1.807) is 6.92 Å². The Hall–Kier alpha value is -1.23. The van der Waals surface area contributed by atoms with Crippen LogP contribution in [0, 0.1) is 0 Å². The number of alkyl halides is 3. The van der Waals surface area contributed by atoms with E-state index < -0.39 is 11.7 Å². The number of anilines is 1.